The van der Waals surface area contributed by atoms with E-state index in [-0.39, 0.29) is 42.4 Å². The minimum Gasteiger partial charge on any atom is -0.466 e. The third kappa shape index (κ3) is 3.60. The number of carbonyl (C=O) groups excluding carboxylic acids is 3. The van der Waals surface area contributed by atoms with E-state index in [0.717, 1.165) is 32.1 Å². The number of hydrogen-bond donors (Lipinski definition) is 1. The Bertz CT molecular complexity index is 772. The zero-order chi connectivity index (χ0) is 23.0. The van der Waals surface area contributed by atoms with Crippen LogP contribution >= 0.6 is 15.9 Å². The average molecular weight is 513 g/mol. The van der Waals surface area contributed by atoms with Crippen LogP contribution in [0.5, 0.6) is 0 Å². The van der Waals surface area contributed by atoms with Gasteiger partial charge in [-0.2, -0.15) is 0 Å². The Hall–Kier alpha value is -1.45. The van der Waals surface area contributed by atoms with Crippen molar-refractivity contribution in [1.29, 1.82) is 0 Å². The highest BCUT2D eigenvalue weighted by Gasteiger charge is 2.77. The van der Waals surface area contributed by atoms with Crippen LogP contribution in [0.1, 0.15) is 45.4 Å². The van der Waals surface area contributed by atoms with E-state index < -0.39 is 35.6 Å². The van der Waals surface area contributed by atoms with Crippen LogP contribution in [-0.2, 0) is 23.9 Å². The highest BCUT2D eigenvalue weighted by molar-refractivity contribution is 9.09. The van der Waals surface area contributed by atoms with E-state index in [1.165, 1.54) is 4.90 Å². The fourth-order valence-electron chi connectivity index (χ4n) is 6.37. The molecule has 0 radical (unpaired) electrons. The fraction of sp³-hybridized carbons (Fsp3) is 0.783. The van der Waals surface area contributed by atoms with Gasteiger partial charge in [0.25, 0.3) is 0 Å². The number of aliphatic hydroxyl groups excluding tert-OH is 1. The number of rotatable bonds is 8. The third-order valence-corrected chi connectivity index (χ3v) is 8.39. The lowest BCUT2D eigenvalue weighted by Crippen LogP contribution is -2.59. The van der Waals surface area contributed by atoms with Gasteiger partial charge in [0.2, 0.25) is 11.8 Å². The number of likely N-dealkylation sites (tertiary alicyclic amines) is 1. The van der Waals surface area contributed by atoms with E-state index in [2.05, 4.69) is 22.5 Å². The van der Waals surface area contributed by atoms with Gasteiger partial charge in [-0.05, 0) is 26.2 Å². The lowest BCUT2D eigenvalue weighted by Gasteiger charge is -2.40. The predicted octanol–water partition coefficient (Wildman–Crippen LogP) is 1.64. The molecule has 3 unspecified atom stereocenters. The first-order valence-electron chi connectivity index (χ1n) is 11.7. The smallest absolute Gasteiger partial charge is 0.312 e. The van der Waals surface area contributed by atoms with E-state index in [4.69, 9.17) is 9.47 Å². The standard InChI is InChI=1S/C23H33BrN2O6/c1-3-10-25(14-8-6-5-7-9-14)21(29)19-23-13-15(24)18(32-23)16(22(30)31-4-2)17(23)20(28)26(19)11-12-27/h3,14-19,27H,1,4-13H2,2H3/t15?,16-,17-,18-,19?,23?/m0/s1. The normalized spacial score (nSPS) is 36.3. The molecule has 8 nitrogen and oxygen atoms in total. The number of nitrogens with zero attached hydrogens (tertiary/aromatic N) is 2. The molecule has 2 bridgehead atoms. The summed E-state index contributed by atoms with van der Waals surface area (Å²) in [5.74, 6) is -2.49. The van der Waals surface area contributed by atoms with Crippen molar-refractivity contribution in [3.8, 4) is 0 Å². The zero-order valence-electron chi connectivity index (χ0n) is 18.6. The number of hydrogen-bond acceptors (Lipinski definition) is 6. The topological polar surface area (TPSA) is 96.4 Å². The highest BCUT2D eigenvalue weighted by Crippen LogP contribution is 2.60. The second-order valence-corrected chi connectivity index (χ2v) is 10.4. The van der Waals surface area contributed by atoms with Gasteiger partial charge in [-0.1, -0.05) is 41.3 Å². The SMILES string of the molecule is C=CCN(C(=O)C1N(CCO)C(=O)[C@@H]2[C@H](C(=O)OCC)[C@H]3OC12CC3Br)C1CCCCC1. The van der Waals surface area contributed by atoms with Crippen molar-refractivity contribution in [2.24, 2.45) is 11.8 Å². The molecule has 0 aromatic carbocycles. The summed E-state index contributed by atoms with van der Waals surface area (Å²) in [5.41, 5.74) is -1.10. The Morgan fingerprint density at radius 1 is 1.38 bits per heavy atom. The summed E-state index contributed by atoms with van der Waals surface area (Å²) in [5, 5.41) is 9.70. The van der Waals surface area contributed by atoms with Crippen molar-refractivity contribution < 1.29 is 29.0 Å². The molecule has 4 rings (SSSR count). The van der Waals surface area contributed by atoms with Crippen LogP contribution in [0.15, 0.2) is 12.7 Å². The van der Waals surface area contributed by atoms with Crippen LogP contribution in [0, 0.1) is 11.8 Å². The molecule has 9 heteroatoms. The van der Waals surface area contributed by atoms with Crippen molar-refractivity contribution in [2.45, 2.75) is 74.1 Å². The second kappa shape index (κ2) is 9.43. The molecule has 2 amide bonds. The minimum atomic E-state index is -1.10. The summed E-state index contributed by atoms with van der Waals surface area (Å²) in [4.78, 5) is 43.6. The first-order valence-corrected chi connectivity index (χ1v) is 12.6. The third-order valence-electron chi connectivity index (χ3n) is 7.55. The first-order chi connectivity index (χ1) is 15.4. The Labute approximate surface area is 197 Å². The molecule has 3 heterocycles. The maximum atomic E-state index is 14.1. The molecule has 3 aliphatic heterocycles. The molecule has 0 aromatic rings. The van der Waals surface area contributed by atoms with Crippen LogP contribution in [0.25, 0.3) is 0 Å². The largest absolute Gasteiger partial charge is 0.466 e. The van der Waals surface area contributed by atoms with Crippen molar-refractivity contribution >= 4 is 33.7 Å². The summed E-state index contributed by atoms with van der Waals surface area (Å²) in [6.07, 6.45) is 6.79. The summed E-state index contributed by atoms with van der Waals surface area (Å²) >= 11 is 3.63. The number of alkyl halides is 1. The van der Waals surface area contributed by atoms with Gasteiger partial charge in [0, 0.05) is 24.0 Å². The Kier molecular flexibility index (Phi) is 6.98. The molecule has 1 saturated carbocycles. The molecule has 1 aliphatic carbocycles. The van der Waals surface area contributed by atoms with Crippen LogP contribution < -0.4 is 0 Å². The maximum Gasteiger partial charge on any atom is 0.312 e. The summed E-state index contributed by atoms with van der Waals surface area (Å²) in [6.45, 7) is 5.92. The molecule has 1 N–H and O–H groups in total. The van der Waals surface area contributed by atoms with Crippen LogP contribution in [0.2, 0.25) is 0 Å². The van der Waals surface area contributed by atoms with E-state index in [0.29, 0.717) is 13.0 Å². The average Bonchev–Trinajstić information content (AvgIpc) is 3.36. The number of aliphatic hydroxyl groups is 1. The second-order valence-electron chi connectivity index (χ2n) is 9.24. The number of ether oxygens (including phenoxy) is 2. The maximum absolute atomic E-state index is 14.1. The molecular weight excluding hydrogens is 480 g/mol. The van der Waals surface area contributed by atoms with Crippen LogP contribution in [0.3, 0.4) is 0 Å². The Balaban J connectivity index is 1.73. The quantitative estimate of drug-likeness (QED) is 0.301. The summed E-state index contributed by atoms with van der Waals surface area (Å²) in [6, 6.07) is -0.784. The van der Waals surface area contributed by atoms with Crippen LogP contribution in [-0.4, -0.2) is 87.6 Å². The van der Waals surface area contributed by atoms with Gasteiger partial charge in [-0.3, -0.25) is 14.4 Å². The Morgan fingerprint density at radius 3 is 2.72 bits per heavy atom. The fourth-order valence-corrected chi connectivity index (χ4v) is 7.32. The lowest BCUT2D eigenvalue weighted by molar-refractivity contribution is -0.155. The summed E-state index contributed by atoms with van der Waals surface area (Å²) in [7, 11) is 0. The van der Waals surface area contributed by atoms with Gasteiger partial charge in [-0.15, -0.1) is 6.58 Å². The Morgan fingerprint density at radius 2 is 2.09 bits per heavy atom. The van der Waals surface area contributed by atoms with Crippen molar-refractivity contribution in [1.82, 2.24) is 9.80 Å². The lowest BCUT2D eigenvalue weighted by atomic mass is 9.70. The zero-order valence-corrected chi connectivity index (χ0v) is 20.2. The molecule has 4 aliphatic rings. The first kappa shape index (κ1) is 23.7. The molecule has 4 fully saturated rings. The van der Waals surface area contributed by atoms with Crippen LogP contribution in [0.4, 0.5) is 0 Å². The molecule has 3 saturated heterocycles. The monoisotopic (exact) mass is 512 g/mol. The van der Waals surface area contributed by atoms with E-state index in [9.17, 15) is 19.5 Å². The molecule has 6 atom stereocenters. The molecule has 1 spiro atoms. The molecule has 178 valence electrons. The van der Waals surface area contributed by atoms with Gasteiger partial charge in [0.1, 0.15) is 11.6 Å². The predicted molar refractivity (Wildman–Crippen MR) is 120 cm³/mol. The van der Waals surface area contributed by atoms with Gasteiger partial charge in [-0.25, -0.2) is 0 Å². The van der Waals surface area contributed by atoms with E-state index in [1.807, 2.05) is 4.90 Å². The summed E-state index contributed by atoms with van der Waals surface area (Å²) < 4.78 is 11.7. The van der Waals surface area contributed by atoms with E-state index in [1.54, 1.807) is 13.0 Å². The molecular formula is C23H33BrN2O6. The number of carbonyl (C=O) groups is 3. The van der Waals surface area contributed by atoms with Gasteiger partial charge in [0.05, 0.1) is 31.2 Å². The number of amides is 2. The van der Waals surface area contributed by atoms with Crippen molar-refractivity contribution in [2.75, 3.05) is 26.3 Å². The molecule has 0 aromatic heterocycles. The van der Waals surface area contributed by atoms with Crippen molar-refractivity contribution in [3.63, 3.8) is 0 Å². The minimum absolute atomic E-state index is 0.0244. The number of fused-ring (bicyclic) bond motifs is 1. The highest BCUT2D eigenvalue weighted by atomic mass is 79.9. The van der Waals surface area contributed by atoms with Crippen molar-refractivity contribution in [3.05, 3.63) is 12.7 Å². The number of esters is 1. The number of halogens is 1. The number of β-amino-alcohol motifs (C(OH)–C–C–N with tert-alkyl or cyclic N) is 1. The van der Waals surface area contributed by atoms with Gasteiger partial charge in [0.15, 0.2) is 0 Å². The van der Waals surface area contributed by atoms with E-state index >= 15 is 0 Å². The van der Waals surface area contributed by atoms with Gasteiger partial charge >= 0.3 is 5.97 Å². The van der Waals surface area contributed by atoms with Gasteiger partial charge < -0.3 is 24.4 Å². The molecule has 32 heavy (non-hydrogen) atoms.